The van der Waals surface area contributed by atoms with Crippen molar-refractivity contribution in [1.82, 2.24) is 10.2 Å². The molecule has 0 saturated carbocycles. The van der Waals surface area contributed by atoms with Crippen molar-refractivity contribution >= 4 is 11.8 Å². The molecule has 23 heavy (non-hydrogen) atoms. The molecule has 0 unspecified atom stereocenters. The maximum atomic E-state index is 12.1. The summed E-state index contributed by atoms with van der Waals surface area (Å²) in [5, 5.41) is 2.78. The summed E-state index contributed by atoms with van der Waals surface area (Å²) in [6, 6.07) is 5.53. The average Bonchev–Trinajstić information content (AvgIpc) is 3.00. The Labute approximate surface area is 136 Å². The Bertz CT molecular complexity index is 554. The molecule has 2 rings (SSSR count). The lowest BCUT2D eigenvalue weighted by molar-refractivity contribution is -0.136. The minimum atomic E-state index is -0.259. The molecule has 1 aromatic rings. The summed E-state index contributed by atoms with van der Waals surface area (Å²) in [7, 11) is 0. The molecule has 0 saturated heterocycles. The smallest absolute Gasteiger partial charge is 0.232 e. The average molecular weight is 320 g/mol. The second-order valence-electron chi connectivity index (χ2n) is 5.52. The van der Waals surface area contributed by atoms with Crippen molar-refractivity contribution in [2.75, 3.05) is 19.9 Å². The van der Waals surface area contributed by atoms with Gasteiger partial charge in [-0.1, -0.05) is 19.9 Å². The molecule has 0 radical (unpaired) electrons. The molecule has 1 aliphatic rings. The zero-order valence-corrected chi connectivity index (χ0v) is 13.8. The van der Waals surface area contributed by atoms with Crippen molar-refractivity contribution in [3.8, 4) is 11.5 Å². The fourth-order valence-electron chi connectivity index (χ4n) is 2.46. The Morgan fingerprint density at radius 2 is 1.83 bits per heavy atom. The van der Waals surface area contributed by atoms with Crippen LogP contribution in [-0.2, 0) is 16.1 Å². The molecule has 1 N–H and O–H groups in total. The standard InChI is InChI=1S/C17H24N2O4/c1-3-7-19(8-4-2)17(21)10-16(20)18-11-13-5-6-14-15(9-13)23-12-22-14/h5-6,9H,3-4,7-8,10-12H2,1-2H3,(H,18,20). The molecule has 0 bridgehead atoms. The Kier molecular flexibility index (Phi) is 6.26. The molecule has 0 aromatic heterocycles. The van der Waals surface area contributed by atoms with Crippen LogP contribution in [0.1, 0.15) is 38.7 Å². The van der Waals surface area contributed by atoms with Gasteiger partial charge in [0.25, 0.3) is 0 Å². The van der Waals surface area contributed by atoms with E-state index in [1.165, 1.54) is 0 Å². The first-order valence-electron chi connectivity index (χ1n) is 8.07. The first kappa shape index (κ1) is 17.1. The summed E-state index contributed by atoms with van der Waals surface area (Å²) in [4.78, 5) is 25.8. The van der Waals surface area contributed by atoms with E-state index in [9.17, 15) is 9.59 Å². The summed E-state index contributed by atoms with van der Waals surface area (Å²) in [5.41, 5.74) is 0.911. The number of carbonyl (C=O) groups is 2. The van der Waals surface area contributed by atoms with Crippen LogP contribution in [0.4, 0.5) is 0 Å². The summed E-state index contributed by atoms with van der Waals surface area (Å²) >= 11 is 0. The quantitative estimate of drug-likeness (QED) is 0.745. The van der Waals surface area contributed by atoms with Crippen LogP contribution in [0, 0.1) is 0 Å². The van der Waals surface area contributed by atoms with Gasteiger partial charge in [0.2, 0.25) is 18.6 Å². The lowest BCUT2D eigenvalue weighted by atomic mass is 10.2. The summed E-state index contributed by atoms with van der Waals surface area (Å²) < 4.78 is 10.5. The number of nitrogens with one attached hydrogen (secondary N) is 1. The molecule has 6 heteroatoms. The first-order chi connectivity index (χ1) is 11.1. The maximum Gasteiger partial charge on any atom is 0.232 e. The van der Waals surface area contributed by atoms with Gasteiger partial charge in [-0.3, -0.25) is 9.59 Å². The molecule has 6 nitrogen and oxygen atoms in total. The number of carbonyl (C=O) groups excluding carboxylic acids is 2. The molecule has 1 aliphatic heterocycles. The van der Waals surface area contributed by atoms with Crippen molar-refractivity contribution < 1.29 is 19.1 Å². The molecule has 0 spiro atoms. The van der Waals surface area contributed by atoms with Crippen molar-refractivity contribution in [2.45, 2.75) is 39.7 Å². The van der Waals surface area contributed by atoms with E-state index in [1.807, 2.05) is 32.0 Å². The molecule has 0 aliphatic carbocycles. The Morgan fingerprint density at radius 1 is 1.13 bits per heavy atom. The third-order valence-corrected chi connectivity index (χ3v) is 3.58. The van der Waals surface area contributed by atoms with Crippen LogP contribution in [0.5, 0.6) is 11.5 Å². The second kappa shape index (κ2) is 8.41. The summed E-state index contributed by atoms with van der Waals surface area (Å²) in [6.07, 6.45) is 1.68. The van der Waals surface area contributed by atoms with E-state index in [1.54, 1.807) is 4.90 Å². The van der Waals surface area contributed by atoms with Crippen LogP contribution in [0.2, 0.25) is 0 Å². The predicted molar refractivity (Wildman–Crippen MR) is 86.2 cm³/mol. The zero-order valence-electron chi connectivity index (χ0n) is 13.8. The van der Waals surface area contributed by atoms with Gasteiger partial charge >= 0.3 is 0 Å². The van der Waals surface area contributed by atoms with Crippen molar-refractivity contribution in [1.29, 1.82) is 0 Å². The lowest BCUT2D eigenvalue weighted by Crippen LogP contribution is -2.36. The molecular formula is C17H24N2O4. The highest BCUT2D eigenvalue weighted by molar-refractivity contribution is 5.96. The van der Waals surface area contributed by atoms with Gasteiger partial charge in [-0.15, -0.1) is 0 Å². The van der Waals surface area contributed by atoms with Gasteiger partial charge in [0.15, 0.2) is 11.5 Å². The van der Waals surface area contributed by atoms with Crippen LogP contribution in [0.25, 0.3) is 0 Å². The highest BCUT2D eigenvalue weighted by atomic mass is 16.7. The number of rotatable bonds is 8. The summed E-state index contributed by atoms with van der Waals surface area (Å²) in [6.45, 7) is 6.03. The van der Waals surface area contributed by atoms with Gasteiger partial charge in [-0.2, -0.15) is 0 Å². The van der Waals surface area contributed by atoms with Crippen LogP contribution in [0.15, 0.2) is 18.2 Å². The monoisotopic (exact) mass is 320 g/mol. The molecule has 1 heterocycles. The van der Waals surface area contributed by atoms with Gasteiger partial charge in [-0.05, 0) is 30.5 Å². The lowest BCUT2D eigenvalue weighted by Gasteiger charge is -2.21. The van der Waals surface area contributed by atoms with Crippen molar-refractivity contribution in [2.24, 2.45) is 0 Å². The fourth-order valence-corrected chi connectivity index (χ4v) is 2.46. The van der Waals surface area contributed by atoms with Gasteiger partial charge in [0.05, 0.1) is 0 Å². The molecule has 0 atom stereocenters. The van der Waals surface area contributed by atoms with E-state index in [2.05, 4.69) is 5.32 Å². The highest BCUT2D eigenvalue weighted by Gasteiger charge is 2.17. The van der Waals surface area contributed by atoms with Gasteiger partial charge < -0.3 is 19.7 Å². The number of benzene rings is 1. The Hall–Kier alpha value is -2.24. The Balaban J connectivity index is 1.81. The first-order valence-corrected chi connectivity index (χ1v) is 8.07. The minimum absolute atomic E-state index is 0.107. The van der Waals surface area contributed by atoms with Gasteiger partial charge in [-0.25, -0.2) is 0 Å². The van der Waals surface area contributed by atoms with E-state index in [0.717, 1.165) is 18.4 Å². The molecule has 2 amide bonds. The normalized spacial score (nSPS) is 12.1. The fraction of sp³-hybridized carbons (Fsp3) is 0.529. The maximum absolute atomic E-state index is 12.1. The topological polar surface area (TPSA) is 67.9 Å². The largest absolute Gasteiger partial charge is 0.454 e. The Morgan fingerprint density at radius 3 is 2.52 bits per heavy atom. The van der Waals surface area contributed by atoms with E-state index >= 15 is 0 Å². The SMILES string of the molecule is CCCN(CCC)C(=O)CC(=O)NCc1ccc2c(c1)OCO2. The summed E-state index contributed by atoms with van der Waals surface area (Å²) in [5.74, 6) is 1.02. The van der Waals surface area contributed by atoms with Gasteiger partial charge in [0, 0.05) is 19.6 Å². The molecular weight excluding hydrogens is 296 g/mol. The van der Waals surface area contributed by atoms with Crippen LogP contribution < -0.4 is 14.8 Å². The third kappa shape index (κ3) is 4.87. The molecule has 1 aromatic carbocycles. The van der Waals surface area contributed by atoms with E-state index < -0.39 is 0 Å². The number of hydrogen-bond acceptors (Lipinski definition) is 4. The van der Waals surface area contributed by atoms with E-state index in [0.29, 0.717) is 31.1 Å². The van der Waals surface area contributed by atoms with E-state index in [4.69, 9.17) is 9.47 Å². The third-order valence-electron chi connectivity index (χ3n) is 3.58. The minimum Gasteiger partial charge on any atom is -0.454 e. The van der Waals surface area contributed by atoms with Gasteiger partial charge in [0.1, 0.15) is 6.42 Å². The number of fused-ring (bicyclic) bond motifs is 1. The zero-order chi connectivity index (χ0) is 16.7. The molecule has 0 fully saturated rings. The second-order valence-corrected chi connectivity index (χ2v) is 5.52. The van der Waals surface area contributed by atoms with Crippen LogP contribution in [-0.4, -0.2) is 36.6 Å². The number of ether oxygens (including phenoxy) is 2. The van der Waals surface area contributed by atoms with Crippen molar-refractivity contribution in [3.63, 3.8) is 0 Å². The van der Waals surface area contributed by atoms with E-state index in [-0.39, 0.29) is 25.0 Å². The highest BCUT2D eigenvalue weighted by Crippen LogP contribution is 2.32. The number of hydrogen-bond donors (Lipinski definition) is 1. The molecule has 126 valence electrons. The van der Waals surface area contributed by atoms with Crippen molar-refractivity contribution in [3.05, 3.63) is 23.8 Å². The van der Waals surface area contributed by atoms with Crippen LogP contribution >= 0.6 is 0 Å². The predicted octanol–water partition coefficient (Wildman–Crippen LogP) is 2.07. The number of amides is 2. The number of nitrogens with zero attached hydrogens (tertiary/aromatic N) is 1. The van der Waals surface area contributed by atoms with Crippen LogP contribution in [0.3, 0.4) is 0 Å².